The normalized spacial score (nSPS) is 36.9. The van der Waals surface area contributed by atoms with Crippen LogP contribution in [0.3, 0.4) is 0 Å². The molecular weight excluding hydrogens is 230 g/mol. The quantitative estimate of drug-likeness (QED) is 0.654. The van der Waals surface area contributed by atoms with E-state index in [2.05, 4.69) is 17.6 Å². The Kier molecular flexibility index (Phi) is 4.22. The van der Waals surface area contributed by atoms with Gasteiger partial charge in [0.2, 0.25) is 11.8 Å². The first kappa shape index (κ1) is 13.3. The highest BCUT2D eigenvalue weighted by Gasteiger charge is 2.36. The van der Waals surface area contributed by atoms with E-state index in [-0.39, 0.29) is 29.8 Å². The highest BCUT2D eigenvalue weighted by molar-refractivity contribution is 5.89. The van der Waals surface area contributed by atoms with Gasteiger partial charge in [-0.25, -0.2) is 0 Å². The summed E-state index contributed by atoms with van der Waals surface area (Å²) in [5, 5.41) is 5.65. The predicted molar refractivity (Wildman–Crippen MR) is 68.7 cm³/mol. The monoisotopic (exact) mass is 253 g/mol. The summed E-state index contributed by atoms with van der Waals surface area (Å²) in [5.74, 6) is 0.0530. The van der Waals surface area contributed by atoms with Crippen molar-refractivity contribution in [1.82, 2.24) is 10.6 Å². The molecule has 2 amide bonds. The lowest BCUT2D eigenvalue weighted by molar-refractivity contribution is -0.134. The van der Waals surface area contributed by atoms with Crippen LogP contribution in [-0.4, -0.2) is 30.4 Å². The van der Waals surface area contributed by atoms with Crippen LogP contribution in [-0.2, 0) is 9.59 Å². The molecule has 0 radical (unpaired) electrons. The highest BCUT2D eigenvalue weighted by Crippen LogP contribution is 2.29. The van der Waals surface area contributed by atoms with Crippen LogP contribution < -0.4 is 16.4 Å². The minimum absolute atomic E-state index is 0.0447. The average molecular weight is 253 g/mol. The van der Waals surface area contributed by atoms with E-state index in [9.17, 15) is 9.59 Å². The van der Waals surface area contributed by atoms with Gasteiger partial charge in [-0.1, -0.05) is 13.3 Å². The zero-order chi connectivity index (χ0) is 13.1. The maximum atomic E-state index is 12.3. The molecule has 0 aromatic heterocycles. The van der Waals surface area contributed by atoms with Gasteiger partial charge in [-0.15, -0.1) is 0 Å². The molecule has 1 aliphatic heterocycles. The maximum Gasteiger partial charge on any atom is 0.242 e. The summed E-state index contributed by atoms with van der Waals surface area (Å²) < 4.78 is 0. The number of carbonyl (C=O) groups is 2. The highest BCUT2D eigenvalue weighted by atomic mass is 16.2. The van der Waals surface area contributed by atoms with Crippen LogP contribution in [0.25, 0.3) is 0 Å². The minimum Gasteiger partial charge on any atom is -0.354 e. The number of hydrogen-bond acceptors (Lipinski definition) is 3. The summed E-state index contributed by atoms with van der Waals surface area (Å²) in [6, 6.07) is -0.437. The molecule has 0 aromatic rings. The van der Waals surface area contributed by atoms with Crippen molar-refractivity contribution in [3.05, 3.63) is 0 Å². The van der Waals surface area contributed by atoms with Gasteiger partial charge in [-0.3, -0.25) is 9.59 Å². The Morgan fingerprint density at radius 1 is 1.33 bits per heavy atom. The molecule has 1 heterocycles. The van der Waals surface area contributed by atoms with Gasteiger partial charge < -0.3 is 16.4 Å². The Morgan fingerprint density at radius 2 is 2.11 bits per heavy atom. The molecule has 2 rings (SSSR count). The molecule has 2 fully saturated rings. The van der Waals surface area contributed by atoms with Gasteiger partial charge in [0.05, 0.1) is 5.92 Å². The van der Waals surface area contributed by atoms with Crippen molar-refractivity contribution in [2.24, 2.45) is 17.6 Å². The zero-order valence-corrected chi connectivity index (χ0v) is 10.9. The van der Waals surface area contributed by atoms with Gasteiger partial charge in [0, 0.05) is 12.6 Å². The fourth-order valence-corrected chi connectivity index (χ4v) is 3.09. The smallest absolute Gasteiger partial charge is 0.242 e. The molecule has 2 aliphatic rings. The number of nitrogens with two attached hydrogens (primary N) is 1. The standard InChI is InChI=1S/C13H23N3O2/c1-8-4-2-5-9(14)11(8)13(18)16-10-6-3-7-15-12(10)17/h8-11H,2-7,14H2,1H3,(H,15,17)(H,16,18). The van der Waals surface area contributed by atoms with E-state index >= 15 is 0 Å². The Morgan fingerprint density at radius 3 is 2.78 bits per heavy atom. The van der Waals surface area contributed by atoms with Crippen molar-refractivity contribution in [1.29, 1.82) is 0 Å². The molecule has 4 atom stereocenters. The second-order valence-electron chi connectivity index (χ2n) is 5.59. The van der Waals surface area contributed by atoms with Crippen LogP contribution in [0.15, 0.2) is 0 Å². The van der Waals surface area contributed by atoms with Crippen molar-refractivity contribution in [2.45, 2.75) is 51.1 Å². The van der Waals surface area contributed by atoms with Gasteiger partial charge in [0.1, 0.15) is 6.04 Å². The Hall–Kier alpha value is -1.10. The van der Waals surface area contributed by atoms with Crippen LogP contribution in [0.4, 0.5) is 0 Å². The van der Waals surface area contributed by atoms with E-state index in [4.69, 9.17) is 5.73 Å². The number of carbonyl (C=O) groups excluding carboxylic acids is 2. The first-order chi connectivity index (χ1) is 8.59. The molecule has 18 heavy (non-hydrogen) atoms. The second kappa shape index (κ2) is 5.69. The van der Waals surface area contributed by atoms with Gasteiger partial charge in [-0.05, 0) is 31.6 Å². The number of amides is 2. The molecule has 1 aliphatic carbocycles. The summed E-state index contributed by atoms with van der Waals surface area (Å²) in [6.45, 7) is 2.79. The van der Waals surface area contributed by atoms with E-state index < -0.39 is 0 Å². The topological polar surface area (TPSA) is 84.2 Å². The minimum atomic E-state index is -0.368. The molecule has 1 saturated heterocycles. The van der Waals surface area contributed by atoms with Crippen molar-refractivity contribution in [3.8, 4) is 0 Å². The summed E-state index contributed by atoms with van der Waals surface area (Å²) in [5.41, 5.74) is 6.05. The Balaban J connectivity index is 1.95. The summed E-state index contributed by atoms with van der Waals surface area (Å²) in [6.07, 6.45) is 4.69. The third kappa shape index (κ3) is 2.83. The van der Waals surface area contributed by atoms with Crippen LogP contribution >= 0.6 is 0 Å². The van der Waals surface area contributed by atoms with E-state index in [1.165, 1.54) is 0 Å². The predicted octanol–water partition coefficient (Wildman–Crippen LogP) is 0.145. The fraction of sp³-hybridized carbons (Fsp3) is 0.846. The van der Waals surface area contributed by atoms with Crippen LogP contribution in [0, 0.1) is 11.8 Å². The molecule has 4 unspecified atom stereocenters. The maximum absolute atomic E-state index is 12.3. The van der Waals surface area contributed by atoms with E-state index in [0.717, 1.165) is 32.1 Å². The molecule has 0 spiro atoms. The van der Waals surface area contributed by atoms with Crippen molar-refractivity contribution >= 4 is 11.8 Å². The molecule has 0 bridgehead atoms. The van der Waals surface area contributed by atoms with Gasteiger partial charge in [-0.2, -0.15) is 0 Å². The largest absolute Gasteiger partial charge is 0.354 e. The van der Waals surface area contributed by atoms with Gasteiger partial charge >= 0.3 is 0 Å². The first-order valence-corrected chi connectivity index (χ1v) is 6.93. The van der Waals surface area contributed by atoms with Crippen molar-refractivity contribution in [3.63, 3.8) is 0 Å². The van der Waals surface area contributed by atoms with Crippen molar-refractivity contribution < 1.29 is 9.59 Å². The molecule has 5 nitrogen and oxygen atoms in total. The molecule has 4 N–H and O–H groups in total. The number of rotatable bonds is 2. The lowest BCUT2D eigenvalue weighted by atomic mass is 9.76. The third-order valence-electron chi connectivity index (χ3n) is 4.18. The van der Waals surface area contributed by atoms with E-state index in [1.54, 1.807) is 0 Å². The summed E-state index contributed by atoms with van der Waals surface area (Å²) in [4.78, 5) is 23.9. The van der Waals surface area contributed by atoms with Crippen LogP contribution in [0.5, 0.6) is 0 Å². The molecule has 5 heteroatoms. The molecular formula is C13H23N3O2. The van der Waals surface area contributed by atoms with E-state index in [1.807, 2.05) is 0 Å². The summed E-state index contributed by atoms with van der Waals surface area (Å²) >= 11 is 0. The number of nitrogens with one attached hydrogen (secondary N) is 2. The first-order valence-electron chi connectivity index (χ1n) is 6.93. The number of hydrogen-bond donors (Lipinski definition) is 3. The average Bonchev–Trinajstić information content (AvgIpc) is 2.32. The fourth-order valence-electron chi connectivity index (χ4n) is 3.09. The Labute approximate surface area is 108 Å². The lowest BCUT2D eigenvalue weighted by Crippen LogP contribution is -2.55. The third-order valence-corrected chi connectivity index (χ3v) is 4.18. The van der Waals surface area contributed by atoms with Crippen molar-refractivity contribution in [2.75, 3.05) is 6.54 Å². The molecule has 1 saturated carbocycles. The van der Waals surface area contributed by atoms with Crippen LogP contribution in [0.1, 0.15) is 39.0 Å². The SMILES string of the molecule is CC1CCCC(N)C1C(=O)NC1CCCNC1=O. The van der Waals surface area contributed by atoms with Gasteiger partial charge in [0.25, 0.3) is 0 Å². The van der Waals surface area contributed by atoms with E-state index in [0.29, 0.717) is 12.5 Å². The van der Waals surface area contributed by atoms with Gasteiger partial charge in [0.15, 0.2) is 0 Å². The summed E-state index contributed by atoms with van der Waals surface area (Å²) in [7, 11) is 0. The molecule has 102 valence electrons. The molecule has 0 aromatic carbocycles. The lowest BCUT2D eigenvalue weighted by Gasteiger charge is -2.34. The Bertz CT molecular complexity index is 322. The number of piperidine rings is 1. The van der Waals surface area contributed by atoms with Crippen LogP contribution in [0.2, 0.25) is 0 Å². The zero-order valence-electron chi connectivity index (χ0n) is 10.9. The second-order valence-corrected chi connectivity index (χ2v) is 5.59.